The zero-order chi connectivity index (χ0) is 14.3. The van der Waals surface area contributed by atoms with Gasteiger partial charge in [0.05, 0.1) is 0 Å². The summed E-state index contributed by atoms with van der Waals surface area (Å²) in [5, 5.41) is 3.64. The first-order valence-corrected chi connectivity index (χ1v) is 8.77. The molecule has 1 aliphatic carbocycles. The van der Waals surface area contributed by atoms with Crippen LogP contribution in [0.1, 0.15) is 46.5 Å². The third kappa shape index (κ3) is 2.65. The third-order valence-electron chi connectivity index (χ3n) is 6.16. The Hall–Kier alpha value is -0.120. The van der Waals surface area contributed by atoms with E-state index in [1.165, 1.54) is 45.3 Å². The Bertz CT molecular complexity index is 332. The van der Waals surface area contributed by atoms with E-state index in [9.17, 15) is 0 Å². The SMILES string of the molecule is CNC1CC(C)CC(C)C1N1CC2CCCN2CC1C. The monoisotopic (exact) mass is 279 g/mol. The minimum Gasteiger partial charge on any atom is -0.315 e. The van der Waals surface area contributed by atoms with Crippen LogP contribution in [0.15, 0.2) is 0 Å². The first kappa shape index (κ1) is 14.8. The van der Waals surface area contributed by atoms with Crippen molar-refractivity contribution in [2.75, 3.05) is 26.7 Å². The van der Waals surface area contributed by atoms with Gasteiger partial charge in [0.1, 0.15) is 0 Å². The molecule has 3 heteroatoms. The summed E-state index contributed by atoms with van der Waals surface area (Å²) in [5.41, 5.74) is 0. The van der Waals surface area contributed by atoms with E-state index < -0.39 is 0 Å². The average molecular weight is 279 g/mol. The number of fused-ring (bicyclic) bond motifs is 1. The highest BCUT2D eigenvalue weighted by Gasteiger charge is 2.43. The average Bonchev–Trinajstić information content (AvgIpc) is 2.84. The number of nitrogens with one attached hydrogen (secondary N) is 1. The molecule has 0 amide bonds. The van der Waals surface area contributed by atoms with Crippen LogP contribution in [0.5, 0.6) is 0 Å². The molecule has 20 heavy (non-hydrogen) atoms. The Morgan fingerprint density at radius 1 is 1.05 bits per heavy atom. The molecule has 0 aromatic rings. The number of hydrogen-bond acceptors (Lipinski definition) is 3. The standard InChI is InChI=1S/C17H33N3/c1-12-8-13(2)17(16(9-12)18-4)20-11-15-6-5-7-19(15)10-14(20)3/h12-18H,5-11H2,1-4H3. The van der Waals surface area contributed by atoms with Crippen LogP contribution in [0.25, 0.3) is 0 Å². The van der Waals surface area contributed by atoms with Crippen molar-refractivity contribution in [3.8, 4) is 0 Å². The van der Waals surface area contributed by atoms with E-state index in [-0.39, 0.29) is 0 Å². The van der Waals surface area contributed by atoms with Crippen molar-refractivity contribution in [2.24, 2.45) is 11.8 Å². The highest BCUT2D eigenvalue weighted by molar-refractivity contribution is 5.00. The van der Waals surface area contributed by atoms with Crippen LogP contribution < -0.4 is 5.32 Å². The zero-order valence-electron chi connectivity index (χ0n) is 13.8. The number of rotatable bonds is 2. The van der Waals surface area contributed by atoms with Gasteiger partial charge in [0.15, 0.2) is 0 Å². The van der Waals surface area contributed by atoms with Gasteiger partial charge >= 0.3 is 0 Å². The van der Waals surface area contributed by atoms with Gasteiger partial charge in [-0.25, -0.2) is 0 Å². The van der Waals surface area contributed by atoms with Crippen molar-refractivity contribution in [2.45, 2.75) is 70.6 Å². The van der Waals surface area contributed by atoms with Crippen LogP contribution in [0.3, 0.4) is 0 Å². The zero-order valence-corrected chi connectivity index (χ0v) is 13.8. The third-order valence-corrected chi connectivity index (χ3v) is 6.16. The topological polar surface area (TPSA) is 18.5 Å². The fourth-order valence-electron chi connectivity index (χ4n) is 5.31. The molecule has 6 unspecified atom stereocenters. The number of hydrogen-bond donors (Lipinski definition) is 1. The van der Waals surface area contributed by atoms with Gasteiger partial charge in [0.2, 0.25) is 0 Å². The van der Waals surface area contributed by atoms with E-state index in [1.54, 1.807) is 0 Å². The second-order valence-corrected chi connectivity index (χ2v) is 7.78. The van der Waals surface area contributed by atoms with Crippen LogP contribution in [0.4, 0.5) is 0 Å². The van der Waals surface area contributed by atoms with Gasteiger partial charge in [-0.15, -0.1) is 0 Å². The predicted molar refractivity (Wildman–Crippen MR) is 85.0 cm³/mol. The molecule has 0 spiro atoms. The lowest BCUT2D eigenvalue weighted by Gasteiger charge is -2.52. The summed E-state index contributed by atoms with van der Waals surface area (Å²) in [6.45, 7) is 11.3. The van der Waals surface area contributed by atoms with E-state index >= 15 is 0 Å². The van der Waals surface area contributed by atoms with Crippen molar-refractivity contribution in [1.82, 2.24) is 15.1 Å². The van der Waals surface area contributed by atoms with E-state index in [4.69, 9.17) is 0 Å². The van der Waals surface area contributed by atoms with Crippen LogP contribution in [-0.2, 0) is 0 Å². The quantitative estimate of drug-likeness (QED) is 0.836. The molecule has 0 bridgehead atoms. The summed E-state index contributed by atoms with van der Waals surface area (Å²) in [6.07, 6.45) is 5.59. The largest absolute Gasteiger partial charge is 0.315 e. The first-order valence-electron chi connectivity index (χ1n) is 8.77. The van der Waals surface area contributed by atoms with Gasteiger partial charge in [0.25, 0.3) is 0 Å². The van der Waals surface area contributed by atoms with Crippen LogP contribution in [0, 0.1) is 11.8 Å². The van der Waals surface area contributed by atoms with Gasteiger partial charge in [-0.05, 0) is 58.0 Å². The lowest BCUT2D eigenvalue weighted by Crippen LogP contribution is -2.64. The van der Waals surface area contributed by atoms with Crippen molar-refractivity contribution < 1.29 is 0 Å². The van der Waals surface area contributed by atoms with Gasteiger partial charge in [-0.3, -0.25) is 9.80 Å². The lowest BCUT2D eigenvalue weighted by molar-refractivity contribution is -0.0214. The van der Waals surface area contributed by atoms with Gasteiger partial charge in [-0.2, -0.15) is 0 Å². The first-order chi connectivity index (χ1) is 9.60. The van der Waals surface area contributed by atoms with E-state index in [2.05, 4.69) is 42.9 Å². The van der Waals surface area contributed by atoms with Crippen molar-refractivity contribution >= 4 is 0 Å². The van der Waals surface area contributed by atoms with Gasteiger partial charge < -0.3 is 5.32 Å². The lowest BCUT2D eigenvalue weighted by atomic mass is 9.75. The molecule has 116 valence electrons. The molecule has 3 rings (SSSR count). The molecule has 0 aromatic heterocycles. The maximum atomic E-state index is 3.64. The molecular formula is C17H33N3. The van der Waals surface area contributed by atoms with E-state index in [0.29, 0.717) is 6.04 Å². The summed E-state index contributed by atoms with van der Waals surface area (Å²) < 4.78 is 0. The normalized spacial score (nSPS) is 47.4. The number of piperazine rings is 1. The Balaban J connectivity index is 1.75. The minimum atomic E-state index is 0.684. The van der Waals surface area contributed by atoms with Crippen LogP contribution in [0.2, 0.25) is 0 Å². The Morgan fingerprint density at radius 3 is 2.60 bits per heavy atom. The molecule has 0 radical (unpaired) electrons. The van der Waals surface area contributed by atoms with Gasteiger partial charge in [-0.1, -0.05) is 13.8 Å². The summed E-state index contributed by atoms with van der Waals surface area (Å²) >= 11 is 0. The fourth-order valence-corrected chi connectivity index (χ4v) is 5.31. The molecule has 3 nitrogen and oxygen atoms in total. The molecule has 0 aromatic carbocycles. The Morgan fingerprint density at radius 2 is 1.85 bits per heavy atom. The molecular weight excluding hydrogens is 246 g/mol. The molecule has 2 heterocycles. The van der Waals surface area contributed by atoms with E-state index in [0.717, 1.165) is 30.0 Å². The maximum absolute atomic E-state index is 3.64. The smallest absolute Gasteiger partial charge is 0.0279 e. The van der Waals surface area contributed by atoms with E-state index in [1.807, 2.05) is 0 Å². The molecule has 2 saturated heterocycles. The molecule has 2 aliphatic heterocycles. The molecule has 1 N–H and O–H groups in total. The van der Waals surface area contributed by atoms with Crippen LogP contribution >= 0.6 is 0 Å². The maximum Gasteiger partial charge on any atom is 0.0279 e. The van der Waals surface area contributed by atoms with Crippen molar-refractivity contribution in [1.29, 1.82) is 0 Å². The second-order valence-electron chi connectivity index (χ2n) is 7.78. The molecule has 3 aliphatic rings. The molecule has 6 atom stereocenters. The van der Waals surface area contributed by atoms with Crippen molar-refractivity contribution in [3.05, 3.63) is 0 Å². The highest BCUT2D eigenvalue weighted by Crippen LogP contribution is 2.36. The van der Waals surface area contributed by atoms with Gasteiger partial charge in [0, 0.05) is 37.3 Å². The second kappa shape index (κ2) is 5.94. The number of likely N-dealkylation sites (N-methyl/N-ethyl adjacent to an activating group) is 1. The summed E-state index contributed by atoms with van der Waals surface area (Å²) in [7, 11) is 2.17. The molecule has 1 saturated carbocycles. The summed E-state index contributed by atoms with van der Waals surface area (Å²) in [6, 6.07) is 2.99. The Kier molecular flexibility index (Phi) is 4.40. The van der Waals surface area contributed by atoms with Crippen molar-refractivity contribution in [3.63, 3.8) is 0 Å². The fraction of sp³-hybridized carbons (Fsp3) is 1.00. The predicted octanol–water partition coefficient (Wildman–Crippen LogP) is 2.18. The summed E-state index contributed by atoms with van der Waals surface area (Å²) in [4.78, 5) is 5.61. The Labute approximate surface area is 125 Å². The summed E-state index contributed by atoms with van der Waals surface area (Å²) in [5.74, 6) is 1.70. The van der Waals surface area contributed by atoms with Crippen LogP contribution in [-0.4, -0.2) is 60.6 Å². The minimum absolute atomic E-state index is 0.684. The molecule has 3 fully saturated rings. The highest BCUT2D eigenvalue weighted by atomic mass is 15.3. The number of nitrogens with zero attached hydrogens (tertiary/aromatic N) is 2.